The molecule has 2 aromatic rings. The molecule has 2 rings (SSSR count). The molecule has 0 aliphatic rings. The number of ether oxygens (including phenoxy) is 1. The maximum atomic E-state index is 5.90. The summed E-state index contributed by atoms with van der Waals surface area (Å²) in [5.74, 6) is 1.36. The fourth-order valence-electron chi connectivity index (χ4n) is 2.16. The minimum absolute atomic E-state index is 0.451. The molecule has 0 fully saturated rings. The molecule has 0 amide bonds. The largest absolute Gasteiger partial charge is 0.497 e. The summed E-state index contributed by atoms with van der Waals surface area (Å²) >= 11 is 1.76. The average molecular weight is 276 g/mol. The highest BCUT2D eigenvalue weighted by molar-refractivity contribution is 7.11. The monoisotopic (exact) mass is 276 g/mol. The average Bonchev–Trinajstić information content (AvgIpc) is 2.83. The Morgan fingerprint density at radius 1 is 1.37 bits per heavy atom. The minimum atomic E-state index is 0.451. The van der Waals surface area contributed by atoms with Gasteiger partial charge in [0.1, 0.15) is 5.75 Å². The Bertz CT molecular complexity index is 524. The first-order valence-electron chi connectivity index (χ1n) is 6.45. The molecule has 1 heterocycles. The number of benzene rings is 1. The molecule has 1 unspecified atom stereocenters. The molecule has 0 aliphatic heterocycles. The van der Waals surface area contributed by atoms with E-state index in [1.165, 1.54) is 10.4 Å². The van der Waals surface area contributed by atoms with Gasteiger partial charge in [-0.3, -0.25) is 0 Å². The van der Waals surface area contributed by atoms with Gasteiger partial charge in [-0.05, 0) is 49.9 Å². The van der Waals surface area contributed by atoms with Gasteiger partial charge in [-0.25, -0.2) is 4.98 Å². The van der Waals surface area contributed by atoms with E-state index >= 15 is 0 Å². The predicted molar refractivity (Wildman–Crippen MR) is 79.8 cm³/mol. The van der Waals surface area contributed by atoms with Crippen molar-refractivity contribution in [2.75, 3.05) is 13.7 Å². The summed E-state index contributed by atoms with van der Waals surface area (Å²) < 4.78 is 5.25. The molecule has 0 radical (unpaired) electrons. The molecule has 0 saturated carbocycles. The van der Waals surface area contributed by atoms with Crippen LogP contribution >= 0.6 is 11.3 Å². The van der Waals surface area contributed by atoms with E-state index in [1.54, 1.807) is 18.4 Å². The van der Waals surface area contributed by atoms with Gasteiger partial charge in [-0.2, -0.15) is 0 Å². The van der Waals surface area contributed by atoms with E-state index in [9.17, 15) is 0 Å². The number of nitrogens with two attached hydrogens (primary N) is 1. The molecule has 0 saturated heterocycles. The van der Waals surface area contributed by atoms with Crippen LogP contribution in [-0.4, -0.2) is 18.6 Å². The predicted octanol–water partition coefficient (Wildman–Crippen LogP) is 2.82. The summed E-state index contributed by atoms with van der Waals surface area (Å²) in [7, 11) is 1.69. The summed E-state index contributed by atoms with van der Waals surface area (Å²) in [5, 5.41) is 1.12. The standard InChI is InChI=1S/C15H20N2OS/c1-11-17-10-15(19-11)8-13(9-16)6-12-4-3-5-14(7-12)18-2/h3-5,7,10,13H,6,8-9,16H2,1-2H3. The molecule has 0 aliphatic carbocycles. The zero-order valence-electron chi connectivity index (χ0n) is 11.4. The number of methoxy groups -OCH3 is 1. The van der Waals surface area contributed by atoms with Gasteiger partial charge in [0.25, 0.3) is 0 Å². The number of aromatic nitrogens is 1. The topological polar surface area (TPSA) is 48.1 Å². The van der Waals surface area contributed by atoms with Crippen LogP contribution in [-0.2, 0) is 12.8 Å². The number of hydrogen-bond acceptors (Lipinski definition) is 4. The molecule has 0 bridgehead atoms. The van der Waals surface area contributed by atoms with Crippen molar-refractivity contribution in [3.05, 3.63) is 45.9 Å². The van der Waals surface area contributed by atoms with Crippen molar-refractivity contribution in [1.29, 1.82) is 0 Å². The van der Waals surface area contributed by atoms with E-state index in [4.69, 9.17) is 10.5 Å². The van der Waals surface area contributed by atoms with Crippen LogP contribution in [0.5, 0.6) is 5.75 Å². The van der Waals surface area contributed by atoms with Crippen molar-refractivity contribution in [3.63, 3.8) is 0 Å². The quantitative estimate of drug-likeness (QED) is 0.882. The highest BCUT2D eigenvalue weighted by Crippen LogP contribution is 2.20. The van der Waals surface area contributed by atoms with E-state index in [1.807, 2.05) is 25.3 Å². The Labute approximate surface area is 118 Å². The Kier molecular flexibility index (Phi) is 4.93. The molecule has 3 nitrogen and oxygen atoms in total. The van der Waals surface area contributed by atoms with Crippen molar-refractivity contribution in [1.82, 2.24) is 4.98 Å². The zero-order chi connectivity index (χ0) is 13.7. The highest BCUT2D eigenvalue weighted by atomic mass is 32.1. The van der Waals surface area contributed by atoms with Crippen LogP contribution in [0.1, 0.15) is 15.4 Å². The van der Waals surface area contributed by atoms with E-state index in [2.05, 4.69) is 17.1 Å². The number of nitrogens with zero attached hydrogens (tertiary/aromatic N) is 1. The Hall–Kier alpha value is -1.39. The zero-order valence-corrected chi connectivity index (χ0v) is 12.2. The first kappa shape index (κ1) is 14.0. The molecule has 102 valence electrons. The van der Waals surface area contributed by atoms with Gasteiger partial charge in [0.05, 0.1) is 12.1 Å². The first-order chi connectivity index (χ1) is 9.21. The second-order valence-electron chi connectivity index (χ2n) is 4.71. The molecule has 19 heavy (non-hydrogen) atoms. The SMILES string of the molecule is COc1cccc(CC(CN)Cc2cnc(C)s2)c1. The fourth-order valence-corrected chi connectivity index (χ4v) is 3.07. The lowest BCUT2D eigenvalue weighted by Crippen LogP contribution is -2.19. The number of rotatable bonds is 6. The first-order valence-corrected chi connectivity index (χ1v) is 7.27. The third-order valence-electron chi connectivity index (χ3n) is 3.15. The Balaban J connectivity index is 2.01. The van der Waals surface area contributed by atoms with Gasteiger partial charge < -0.3 is 10.5 Å². The van der Waals surface area contributed by atoms with Gasteiger partial charge >= 0.3 is 0 Å². The molecule has 1 aromatic carbocycles. The van der Waals surface area contributed by atoms with Crippen LogP contribution in [0.25, 0.3) is 0 Å². The molecule has 1 aromatic heterocycles. The summed E-state index contributed by atoms with van der Waals surface area (Å²) in [6, 6.07) is 8.20. The Morgan fingerprint density at radius 2 is 2.21 bits per heavy atom. The summed E-state index contributed by atoms with van der Waals surface area (Å²) in [4.78, 5) is 5.61. The maximum Gasteiger partial charge on any atom is 0.119 e. The molecule has 2 N–H and O–H groups in total. The summed E-state index contributed by atoms with van der Waals surface area (Å²) in [6.07, 6.45) is 3.94. The third-order valence-corrected chi connectivity index (χ3v) is 4.09. The van der Waals surface area contributed by atoms with E-state index in [0.29, 0.717) is 12.5 Å². The maximum absolute atomic E-state index is 5.90. The van der Waals surface area contributed by atoms with Crippen molar-refractivity contribution in [2.24, 2.45) is 11.7 Å². The van der Waals surface area contributed by atoms with Gasteiger partial charge in [0, 0.05) is 11.1 Å². The van der Waals surface area contributed by atoms with E-state index < -0.39 is 0 Å². The van der Waals surface area contributed by atoms with E-state index in [-0.39, 0.29) is 0 Å². The molecule has 0 spiro atoms. The van der Waals surface area contributed by atoms with Crippen LogP contribution in [0.2, 0.25) is 0 Å². The molecular formula is C15H20N2OS. The Morgan fingerprint density at radius 3 is 2.84 bits per heavy atom. The van der Waals surface area contributed by atoms with Gasteiger partial charge in [0.2, 0.25) is 0 Å². The van der Waals surface area contributed by atoms with E-state index in [0.717, 1.165) is 23.6 Å². The lowest BCUT2D eigenvalue weighted by atomic mass is 9.96. The number of hydrogen-bond donors (Lipinski definition) is 1. The minimum Gasteiger partial charge on any atom is -0.497 e. The van der Waals surface area contributed by atoms with Crippen molar-refractivity contribution in [2.45, 2.75) is 19.8 Å². The van der Waals surface area contributed by atoms with Gasteiger partial charge in [0.15, 0.2) is 0 Å². The van der Waals surface area contributed by atoms with Gasteiger partial charge in [-0.1, -0.05) is 12.1 Å². The number of thiazole rings is 1. The third kappa shape index (κ3) is 4.04. The molecular weight excluding hydrogens is 256 g/mol. The fraction of sp³-hybridized carbons (Fsp3) is 0.400. The van der Waals surface area contributed by atoms with Crippen molar-refractivity contribution < 1.29 is 4.74 Å². The van der Waals surface area contributed by atoms with Crippen molar-refractivity contribution >= 4 is 11.3 Å². The lowest BCUT2D eigenvalue weighted by molar-refractivity contribution is 0.413. The van der Waals surface area contributed by atoms with Gasteiger partial charge in [-0.15, -0.1) is 11.3 Å². The van der Waals surface area contributed by atoms with Crippen LogP contribution < -0.4 is 10.5 Å². The van der Waals surface area contributed by atoms with Crippen LogP contribution in [0.3, 0.4) is 0 Å². The highest BCUT2D eigenvalue weighted by Gasteiger charge is 2.11. The smallest absolute Gasteiger partial charge is 0.119 e. The second-order valence-corrected chi connectivity index (χ2v) is 6.03. The second kappa shape index (κ2) is 6.68. The van der Waals surface area contributed by atoms with Crippen LogP contribution in [0.4, 0.5) is 0 Å². The van der Waals surface area contributed by atoms with Crippen LogP contribution in [0.15, 0.2) is 30.5 Å². The summed E-state index contributed by atoms with van der Waals surface area (Å²) in [6.45, 7) is 2.72. The molecule has 4 heteroatoms. The lowest BCUT2D eigenvalue weighted by Gasteiger charge is -2.14. The van der Waals surface area contributed by atoms with Crippen LogP contribution in [0, 0.1) is 12.8 Å². The molecule has 1 atom stereocenters. The van der Waals surface area contributed by atoms with Crippen molar-refractivity contribution in [3.8, 4) is 5.75 Å². The summed E-state index contributed by atoms with van der Waals surface area (Å²) in [5.41, 5.74) is 7.17. The normalized spacial score (nSPS) is 12.4. The number of aryl methyl sites for hydroxylation is 1.